The number of ether oxygens (including phenoxy) is 3. The Morgan fingerprint density at radius 3 is 2.21 bits per heavy atom. The van der Waals surface area contributed by atoms with Crippen LogP contribution < -0.4 is 0 Å². The highest BCUT2D eigenvalue weighted by Crippen LogP contribution is 2.22. The highest BCUT2D eigenvalue weighted by atomic mass is 16.8. The molecule has 0 heterocycles. The summed E-state index contributed by atoms with van der Waals surface area (Å²) < 4.78 is 16.0. The van der Waals surface area contributed by atoms with E-state index in [2.05, 4.69) is 26.0 Å². The summed E-state index contributed by atoms with van der Waals surface area (Å²) in [4.78, 5) is 24.5. The largest absolute Gasteiger partial charge is 0.511 e. The Hall–Kier alpha value is -2.04. The van der Waals surface area contributed by atoms with Gasteiger partial charge in [0.15, 0.2) is 0 Å². The number of carbonyl (C=O) groups is 2. The van der Waals surface area contributed by atoms with E-state index in [0.29, 0.717) is 12.3 Å². The van der Waals surface area contributed by atoms with Crippen LogP contribution in [0.4, 0.5) is 4.79 Å². The van der Waals surface area contributed by atoms with Gasteiger partial charge in [0, 0.05) is 6.42 Å². The molecule has 156 valence electrons. The van der Waals surface area contributed by atoms with Crippen molar-refractivity contribution in [3.8, 4) is 0 Å². The second-order valence-electron chi connectivity index (χ2n) is 8.08. The number of benzene rings is 1. The quantitative estimate of drug-likeness (QED) is 0.417. The number of carbonyl (C=O) groups excluding carboxylic acids is 2. The van der Waals surface area contributed by atoms with Gasteiger partial charge in [-0.25, -0.2) is 4.79 Å². The molecule has 0 spiro atoms. The number of rotatable bonds is 8. The summed E-state index contributed by atoms with van der Waals surface area (Å²) in [5.41, 5.74) is 2.14. The smallest absolute Gasteiger partial charge is 0.431 e. The molecule has 0 aliphatic heterocycles. The lowest BCUT2D eigenvalue weighted by molar-refractivity contribution is -0.174. The molecule has 0 bridgehead atoms. The predicted molar refractivity (Wildman–Crippen MR) is 108 cm³/mol. The first kappa shape index (κ1) is 22.3. The molecule has 1 aliphatic carbocycles. The van der Waals surface area contributed by atoms with Crippen molar-refractivity contribution in [1.29, 1.82) is 0 Å². The van der Waals surface area contributed by atoms with E-state index in [1.54, 1.807) is 13.8 Å². The van der Waals surface area contributed by atoms with Gasteiger partial charge in [-0.3, -0.25) is 4.79 Å². The summed E-state index contributed by atoms with van der Waals surface area (Å²) in [6.45, 7) is 7.96. The fourth-order valence-electron chi connectivity index (χ4n) is 3.43. The number of hydrogen-bond donors (Lipinski definition) is 0. The van der Waals surface area contributed by atoms with Crippen LogP contribution >= 0.6 is 0 Å². The van der Waals surface area contributed by atoms with Gasteiger partial charge in [0.1, 0.15) is 6.10 Å². The average Bonchev–Trinajstić information content (AvgIpc) is 2.67. The van der Waals surface area contributed by atoms with Gasteiger partial charge in [-0.05, 0) is 56.1 Å². The third-order valence-electron chi connectivity index (χ3n) is 5.10. The standard InChI is InChI=1S/C23H34O5/c1-5-21(28-23(25)26-20-9-7-6-8-10-20)27-22(24)17(4)19-13-11-18(12-14-19)15-16(2)3/h11-14,16-17,20-21H,5-10,15H2,1-4H3. The summed E-state index contributed by atoms with van der Waals surface area (Å²) in [5.74, 6) is -0.252. The Balaban J connectivity index is 1.85. The van der Waals surface area contributed by atoms with Crippen LogP contribution in [-0.2, 0) is 25.4 Å². The molecule has 5 heteroatoms. The molecular formula is C23H34O5. The van der Waals surface area contributed by atoms with Crippen LogP contribution in [0.3, 0.4) is 0 Å². The summed E-state index contributed by atoms with van der Waals surface area (Å²) in [5, 5.41) is 0. The highest BCUT2D eigenvalue weighted by molar-refractivity contribution is 5.78. The van der Waals surface area contributed by atoms with Crippen LogP contribution in [0.15, 0.2) is 24.3 Å². The van der Waals surface area contributed by atoms with E-state index in [1.807, 2.05) is 12.1 Å². The van der Waals surface area contributed by atoms with Crippen LogP contribution in [-0.4, -0.2) is 24.5 Å². The maximum Gasteiger partial charge on any atom is 0.511 e. The second kappa shape index (κ2) is 11.1. The molecule has 1 saturated carbocycles. The van der Waals surface area contributed by atoms with Crippen molar-refractivity contribution >= 4 is 12.1 Å². The van der Waals surface area contributed by atoms with Crippen molar-refractivity contribution in [3.05, 3.63) is 35.4 Å². The third kappa shape index (κ3) is 7.17. The molecule has 0 aromatic heterocycles. The molecule has 2 rings (SSSR count). The topological polar surface area (TPSA) is 61.8 Å². The molecule has 28 heavy (non-hydrogen) atoms. The summed E-state index contributed by atoms with van der Waals surface area (Å²) >= 11 is 0. The van der Waals surface area contributed by atoms with Gasteiger partial charge in [0.2, 0.25) is 0 Å². The van der Waals surface area contributed by atoms with Gasteiger partial charge in [-0.2, -0.15) is 0 Å². The fraction of sp³-hybridized carbons (Fsp3) is 0.652. The minimum absolute atomic E-state index is 0.0854. The second-order valence-corrected chi connectivity index (χ2v) is 8.08. The van der Waals surface area contributed by atoms with Crippen LogP contribution in [0.1, 0.15) is 83.3 Å². The van der Waals surface area contributed by atoms with E-state index in [4.69, 9.17) is 14.2 Å². The summed E-state index contributed by atoms with van der Waals surface area (Å²) in [7, 11) is 0. The molecule has 1 aromatic rings. The number of hydrogen-bond acceptors (Lipinski definition) is 5. The summed E-state index contributed by atoms with van der Waals surface area (Å²) in [6.07, 6.45) is 4.68. The van der Waals surface area contributed by atoms with Crippen molar-refractivity contribution < 1.29 is 23.8 Å². The SMILES string of the molecule is CCC(OC(=O)OC1CCCCC1)OC(=O)C(C)c1ccc(CC(C)C)cc1. The third-order valence-corrected chi connectivity index (χ3v) is 5.10. The molecule has 2 unspecified atom stereocenters. The van der Waals surface area contributed by atoms with E-state index in [1.165, 1.54) is 12.0 Å². The Bertz CT molecular complexity index is 616. The van der Waals surface area contributed by atoms with Gasteiger partial charge in [-0.1, -0.05) is 51.5 Å². The lowest BCUT2D eigenvalue weighted by Gasteiger charge is -2.23. The first-order valence-electron chi connectivity index (χ1n) is 10.6. The zero-order chi connectivity index (χ0) is 20.5. The van der Waals surface area contributed by atoms with Crippen LogP contribution in [0, 0.1) is 5.92 Å². The van der Waals surface area contributed by atoms with E-state index in [-0.39, 0.29) is 6.10 Å². The van der Waals surface area contributed by atoms with E-state index < -0.39 is 24.3 Å². The van der Waals surface area contributed by atoms with Gasteiger partial charge in [0.05, 0.1) is 5.92 Å². The molecule has 1 aliphatic rings. The van der Waals surface area contributed by atoms with Crippen LogP contribution in [0.5, 0.6) is 0 Å². The Morgan fingerprint density at radius 1 is 1.00 bits per heavy atom. The van der Waals surface area contributed by atoms with Crippen molar-refractivity contribution in [2.24, 2.45) is 5.92 Å². The molecule has 0 saturated heterocycles. The van der Waals surface area contributed by atoms with Crippen LogP contribution in [0.25, 0.3) is 0 Å². The first-order chi connectivity index (χ1) is 13.4. The van der Waals surface area contributed by atoms with Gasteiger partial charge in [0.25, 0.3) is 6.29 Å². The monoisotopic (exact) mass is 390 g/mol. The average molecular weight is 391 g/mol. The molecule has 0 radical (unpaired) electrons. The molecule has 0 N–H and O–H groups in total. The molecular weight excluding hydrogens is 356 g/mol. The van der Waals surface area contributed by atoms with Gasteiger partial charge < -0.3 is 14.2 Å². The van der Waals surface area contributed by atoms with Crippen molar-refractivity contribution in [2.45, 2.75) is 91.0 Å². The van der Waals surface area contributed by atoms with Crippen molar-refractivity contribution in [1.82, 2.24) is 0 Å². The zero-order valence-electron chi connectivity index (χ0n) is 17.6. The molecule has 1 fully saturated rings. The minimum atomic E-state index is -0.925. The predicted octanol–water partition coefficient (Wildman–Crippen LogP) is 5.75. The highest BCUT2D eigenvalue weighted by Gasteiger charge is 2.25. The van der Waals surface area contributed by atoms with Gasteiger partial charge in [-0.15, -0.1) is 0 Å². The van der Waals surface area contributed by atoms with E-state index in [0.717, 1.165) is 37.7 Å². The fourth-order valence-corrected chi connectivity index (χ4v) is 3.43. The molecule has 0 amide bonds. The minimum Gasteiger partial charge on any atom is -0.431 e. The maximum atomic E-state index is 12.5. The lowest BCUT2D eigenvalue weighted by Crippen LogP contribution is -2.29. The zero-order valence-corrected chi connectivity index (χ0v) is 17.6. The van der Waals surface area contributed by atoms with Gasteiger partial charge >= 0.3 is 12.1 Å². The maximum absolute atomic E-state index is 12.5. The van der Waals surface area contributed by atoms with E-state index in [9.17, 15) is 9.59 Å². The Kier molecular flexibility index (Phi) is 8.81. The normalized spacial score (nSPS) is 17.0. The molecule has 2 atom stereocenters. The summed E-state index contributed by atoms with van der Waals surface area (Å²) in [6, 6.07) is 8.02. The number of esters is 1. The first-order valence-corrected chi connectivity index (χ1v) is 10.6. The molecule has 5 nitrogen and oxygen atoms in total. The van der Waals surface area contributed by atoms with E-state index >= 15 is 0 Å². The Morgan fingerprint density at radius 2 is 1.64 bits per heavy atom. The lowest BCUT2D eigenvalue weighted by atomic mass is 9.97. The van der Waals surface area contributed by atoms with Crippen molar-refractivity contribution in [3.63, 3.8) is 0 Å². The molecule has 1 aromatic carbocycles. The Labute approximate surface area is 168 Å². The van der Waals surface area contributed by atoms with Crippen LogP contribution in [0.2, 0.25) is 0 Å². The van der Waals surface area contributed by atoms with Crippen molar-refractivity contribution in [2.75, 3.05) is 0 Å².